The van der Waals surface area contributed by atoms with Gasteiger partial charge in [-0.05, 0) is 25.0 Å². The van der Waals surface area contributed by atoms with Gasteiger partial charge in [0.05, 0.1) is 17.6 Å². The van der Waals surface area contributed by atoms with E-state index < -0.39 is 0 Å². The van der Waals surface area contributed by atoms with Crippen LogP contribution in [0.15, 0.2) is 36.9 Å². The number of carbonyl (C=O) groups is 1. The Morgan fingerprint density at radius 1 is 1.38 bits per heavy atom. The zero-order valence-corrected chi connectivity index (χ0v) is 12.8. The first-order valence-corrected chi connectivity index (χ1v) is 7.54. The minimum Gasteiger partial charge on any atom is -0.349 e. The third-order valence-electron chi connectivity index (χ3n) is 3.82. The molecule has 0 aliphatic carbocycles. The smallest absolute Gasteiger partial charge is 0.223 e. The number of nitrogens with one attached hydrogen (secondary N) is 1. The van der Waals surface area contributed by atoms with Gasteiger partial charge in [0.2, 0.25) is 5.91 Å². The van der Waals surface area contributed by atoms with E-state index in [4.69, 9.17) is 0 Å². The molecule has 1 N–H and O–H groups in total. The first kappa shape index (κ1) is 15.3. The van der Waals surface area contributed by atoms with Crippen molar-refractivity contribution in [3.63, 3.8) is 0 Å². The van der Waals surface area contributed by atoms with Crippen LogP contribution in [0.25, 0.3) is 11.0 Å². The van der Waals surface area contributed by atoms with Crippen molar-refractivity contribution in [3.05, 3.63) is 42.7 Å². The quantitative estimate of drug-likeness (QED) is 0.794. The van der Waals surface area contributed by atoms with Gasteiger partial charge in [-0.2, -0.15) is 0 Å². The zero-order valence-electron chi connectivity index (χ0n) is 12.8. The monoisotopic (exact) mass is 285 g/mol. The van der Waals surface area contributed by atoms with E-state index in [1.807, 2.05) is 44.2 Å². The van der Waals surface area contributed by atoms with Gasteiger partial charge in [-0.25, -0.2) is 4.98 Å². The molecule has 0 saturated heterocycles. The third kappa shape index (κ3) is 3.32. The predicted octanol–water partition coefficient (Wildman–Crippen LogP) is 3.27. The zero-order chi connectivity index (χ0) is 15.2. The van der Waals surface area contributed by atoms with E-state index in [1.165, 1.54) is 0 Å². The van der Waals surface area contributed by atoms with Crippen molar-refractivity contribution >= 4 is 16.9 Å². The van der Waals surface area contributed by atoms with Crippen LogP contribution in [0.1, 0.15) is 32.5 Å². The largest absolute Gasteiger partial charge is 0.349 e. The van der Waals surface area contributed by atoms with Crippen LogP contribution in [0.5, 0.6) is 0 Å². The molecular weight excluding hydrogens is 262 g/mol. The number of aromatic nitrogens is 2. The van der Waals surface area contributed by atoms with Gasteiger partial charge in [-0.15, -0.1) is 6.58 Å². The summed E-state index contributed by atoms with van der Waals surface area (Å²) in [5.41, 5.74) is 2.02. The van der Waals surface area contributed by atoms with Crippen LogP contribution < -0.4 is 5.32 Å². The van der Waals surface area contributed by atoms with E-state index in [2.05, 4.69) is 21.4 Å². The van der Waals surface area contributed by atoms with Crippen molar-refractivity contribution in [1.29, 1.82) is 0 Å². The molecule has 21 heavy (non-hydrogen) atoms. The first-order valence-electron chi connectivity index (χ1n) is 7.54. The molecule has 1 aromatic heterocycles. The van der Waals surface area contributed by atoms with Gasteiger partial charge in [-0.1, -0.05) is 32.1 Å². The van der Waals surface area contributed by atoms with E-state index >= 15 is 0 Å². The van der Waals surface area contributed by atoms with E-state index in [9.17, 15) is 4.79 Å². The Hall–Kier alpha value is -2.10. The Morgan fingerprint density at radius 3 is 2.76 bits per heavy atom. The lowest BCUT2D eigenvalue weighted by molar-refractivity contribution is -0.125. The van der Waals surface area contributed by atoms with Crippen molar-refractivity contribution in [1.82, 2.24) is 14.9 Å². The van der Waals surface area contributed by atoms with Gasteiger partial charge in [0, 0.05) is 12.5 Å². The number of benzene rings is 1. The highest BCUT2D eigenvalue weighted by Gasteiger charge is 2.15. The second-order valence-corrected chi connectivity index (χ2v) is 5.15. The van der Waals surface area contributed by atoms with Crippen LogP contribution in [0, 0.1) is 5.92 Å². The molecule has 0 aliphatic heterocycles. The molecule has 0 saturated carbocycles. The lowest BCUT2D eigenvalue weighted by Crippen LogP contribution is -2.30. The fourth-order valence-electron chi connectivity index (χ4n) is 2.56. The van der Waals surface area contributed by atoms with E-state index in [0.717, 1.165) is 29.7 Å². The van der Waals surface area contributed by atoms with Gasteiger partial charge in [0.1, 0.15) is 5.82 Å². The highest BCUT2D eigenvalue weighted by Crippen LogP contribution is 2.16. The molecule has 4 heteroatoms. The maximum atomic E-state index is 12.1. The fraction of sp³-hybridized carbons (Fsp3) is 0.412. The summed E-state index contributed by atoms with van der Waals surface area (Å²) in [7, 11) is 0. The van der Waals surface area contributed by atoms with Crippen molar-refractivity contribution in [3.8, 4) is 0 Å². The van der Waals surface area contributed by atoms with Crippen LogP contribution >= 0.6 is 0 Å². The molecular formula is C17H23N3O. The lowest BCUT2D eigenvalue weighted by Gasteiger charge is -2.13. The van der Waals surface area contributed by atoms with Crippen molar-refractivity contribution in [2.45, 2.75) is 39.8 Å². The molecule has 4 nitrogen and oxygen atoms in total. The Labute approximate surface area is 125 Å². The van der Waals surface area contributed by atoms with Crippen molar-refractivity contribution < 1.29 is 4.79 Å². The summed E-state index contributed by atoms with van der Waals surface area (Å²) in [6.07, 6.45) is 3.58. The molecule has 2 rings (SSSR count). The van der Waals surface area contributed by atoms with E-state index in [0.29, 0.717) is 13.1 Å². The molecule has 1 heterocycles. The number of para-hydroxylation sites is 2. The normalized spacial score (nSPS) is 11.0. The molecule has 0 spiro atoms. The SMILES string of the molecule is C=CCn1c(CNC(=O)C(CC)CC)nc2ccccc21. The van der Waals surface area contributed by atoms with E-state index in [1.54, 1.807) is 0 Å². The van der Waals surface area contributed by atoms with Gasteiger partial charge < -0.3 is 9.88 Å². The molecule has 0 fully saturated rings. The molecule has 0 bridgehead atoms. The number of fused-ring (bicyclic) bond motifs is 1. The third-order valence-corrected chi connectivity index (χ3v) is 3.82. The second-order valence-electron chi connectivity index (χ2n) is 5.15. The van der Waals surface area contributed by atoms with Gasteiger partial charge in [0.25, 0.3) is 0 Å². The summed E-state index contributed by atoms with van der Waals surface area (Å²) in [4.78, 5) is 16.7. The number of hydrogen-bond acceptors (Lipinski definition) is 2. The topological polar surface area (TPSA) is 46.9 Å². The standard InChI is InChI=1S/C17H23N3O/c1-4-11-20-15-10-8-7-9-14(15)19-16(20)12-18-17(21)13(5-2)6-3/h4,7-10,13H,1,5-6,11-12H2,2-3H3,(H,18,21). The Morgan fingerprint density at radius 2 is 2.10 bits per heavy atom. The average Bonchev–Trinajstić information content (AvgIpc) is 2.85. The van der Waals surface area contributed by atoms with Crippen LogP contribution in [0.3, 0.4) is 0 Å². The molecule has 1 amide bonds. The van der Waals surface area contributed by atoms with Crippen molar-refractivity contribution in [2.24, 2.45) is 5.92 Å². The number of amides is 1. The Kier molecular flexibility index (Phi) is 5.14. The Balaban J connectivity index is 2.19. The van der Waals surface area contributed by atoms with Crippen molar-refractivity contribution in [2.75, 3.05) is 0 Å². The van der Waals surface area contributed by atoms with Gasteiger partial charge in [-0.3, -0.25) is 4.79 Å². The number of nitrogens with zero attached hydrogens (tertiary/aromatic N) is 2. The van der Waals surface area contributed by atoms with E-state index in [-0.39, 0.29) is 11.8 Å². The van der Waals surface area contributed by atoms with Gasteiger partial charge >= 0.3 is 0 Å². The molecule has 1 aromatic carbocycles. The molecule has 0 aliphatic rings. The summed E-state index contributed by atoms with van der Waals surface area (Å²) in [5.74, 6) is 1.06. The van der Waals surface area contributed by atoms with Crippen LogP contribution in [0.4, 0.5) is 0 Å². The number of imidazole rings is 1. The predicted molar refractivity (Wildman–Crippen MR) is 85.8 cm³/mol. The molecule has 0 radical (unpaired) electrons. The number of allylic oxidation sites excluding steroid dienone is 1. The highest BCUT2D eigenvalue weighted by atomic mass is 16.1. The summed E-state index contributed by atoms with van der Waals surface area (Å²) in [6.45, 7) is 9.03. The van der Waals surface area contributed by atoms with Crippen LogP contribution in [-0.4, -0.2) is 15.5 Å². The maximum Gasteiger partial charge on any atom is 0.223 e. The average molecular weight is 285 g/mol. The number of carbonyl (C=O) groups excluding carboxylic acids is 1. The summed E-state index contributed by atoms with van der Waals surface area (Å²) in [6, 6.07) is 8.00. The minimum absolute atomic E-state index is 0.0854. The molecule has 0 atom stereocenters. The number of rotatable bonds is 7. The summed E-state index contributed by atoms with van der Waals surface area (Å²) < 4.78 is 2.09. The van der Waals surface area contributed by atoms with Crippen LogP contribution in [0.2, 0.25) is 0 Å². The minimum atomic E-state index is 0.0854. The molecule has 112 valence electrons. The fourth-order valence-corrected chi connectivity index (χ4v) is 2.56. The Bertz CT molecular complexity index is 626. The summed E-state index contributed by atoms with van der Waals surface area (Å²) >= 11 is 0. The second kappa shape index (κ2) is 7.07. The summed E-state index contributed by atoms with van der Waals surface area (Å²) in [5, 5.41) is 3.00. The van der Waals surface area contributed by atoms with Gasteiger partial charge in [0.15, 0.2) is 0 Å². The first-order chi connectivity index (χ1) is 10.2. The molecule has 0 unspecified atom stereocenters. The lowest BCUT2D eigenvalue weighted by atomic mass is 10.0. The number of hydrogen-bond donors (Lipinski definition) is 1. The highest BCUT2D eigenvalue weighted by molar-refractivity contribution is 5.79. The molecule has 2 aromatic rings. The maximum absolute atomic E-state index is 12.1. The van der Waals surface area contributed by atoms with Crippen LogP contribution in [-0.2, 0) is 17.9 Å².